The minimum atomic E-state index is 0.422. The number of anilines is 1. The maximum atomic E-state index is 4.27. The van der Waals surface area contributed by atoms with Crippen LogP contribution in [0.3, 0.4) is 0 Å². The lowest BCUT2D eigenvalue weighted by Crippen LogP contribution is -2.13. The number of hydrogen-bond donors (Lipinski definition) is 2. The Balaban J connectivity index is 1.80. The number of benzene rings is 1. The molecule has 17 heavy (non-hydrogen) atoms. The third-order valence-electron chi connectivity index (χ3n) is 2.25. The Morgan fingerprint density at radius 3 is 2.76 bits per heavy atom. The van der Waals surface area contributed by atoms with Gasteiger partial charge >= 0.3 is 0 Å². The molecule has 0 bridgehead atoms. The zero-order chi connectivity index (χ0) is 12.1. The van der Waals surface area contributed by atoms with Crippen molar-refractivity contribution in [2.24, 2.45) is 0 Å². The number of H-pyrrole nitrogens is 1. The van der Waals surface area contributed by atoms with E-state index >= 15 is 0 Å². The van der Waals surface area contributed by atoms with Crippen LogP contribution in [0.2, 0.25) is 0 Å². The lowest BCUT2D eigenvalue weighted by atomic mass is 10.3. The Morgan fingerprint density at radius 1 is 1.35 bits per heavy atom. The van der Waals surface area contributed by atoms with Crippen LogP contribution in [0, 0.1) is 6.92 Å². The fourth-order valence-electron chi connectivity index (χ4n) is 1.41. The molecule has 1 aromatic heterocycles. The van der Waals surface area contributed by atoms with E-state index in [1.54, 1.807) is 11.8 Å². The molecule has 0 saturated carbocycles. The SMILES string of the molecule is Cc1nc(SC(C)CNc2ccccc2)n[nH]1. The van der Waals surface area contributed by atoms with Gasteiger partial charge < -0.3 is 5.32 Å². The van der Waals surface area contributed by atoms with Crippen molar-refractivity contribution in [3.8, 4) is 0 Å². The highest BCUT2D eigenvalue weighted by Crippen LogP contribution is 2.19. The summed E-state index contributed by atoms with van der Waals surface area (Å²) in [6.45, 7) is 4.96. The molecule has 0 amide bonds. The molecule has 0 aliphatic rings. The maximum Gasteiger partial charge on any atom is 0.208 e. The van der Waals surface area contributed by atoms with E-state index in [2.05, 4.69) is 39.6 Å². The lowest BCUT2D eigenvalue weighted by Gasteiger charge is -2.11. The Morgan fingerprint density at radius 2 is 2.12 bits per heavy atom. The molecule has 1 aromatic carbocycles. The fourth-order valence-corrected chi connectivity index (χ4v) is 2.23. The molecular weight excluding hydrogens is 232 g/mol. The quantitative estimate of drug-likeness (QED) is 0.799. The van der Waals surface area contributed by atoms with Gasteiger partial charge in [-0.25, -0.2) is 4.98 Å². The van der Waals surface area contributed by atoms with E-state index in [-0.39, 0.29) is 0 Å². The number of aryl methyl sites for hydroxylation is 1. The maximum absolute atomic E-state index is 4.27. The van der Waals surface area contributed by atoms with Gasteiger partial charge in [-0.15, -0.1) is 5.10 Å². The summed E-state index contributed by atoms with van der Waals surface area (Å²) >= 11 is 1.67. The zero-order valence-electron chi connectivity index (χ0n) is 9.97. The number of aromatic nitrogens is 3. The van der Waals surface area contributed by atoms with Crippen molar-refractivity contribution in [2.45, 2.75) is 24.3 Å². The molecule has 1 atom stereocenters. The highest BCUT2D eigenvalue weighted by molar-refractivity contribution is 7.99. The van der Waals surface area contributed by atoms with Crippen LogP contribution in [0.5, 0.6) is 0 Å². The van der Waals surface area contributed by atoms with Crippen molar-refractivity contribution >= 4 is 17.4 Å². The van der Waals surface area contributed by atoms with E-state index in [4.69, 9.17) is 0 Å². The summed E-state index contributed by atoms with van der Waals surface area (Å²) in [6, 6.07) is 10.2. The third-order valence-corrected chi connectivity index (χ3v) is 3.21. The van der Waals surface area contributed by atoms with Crippen LogP contribution in [0.4, 0.5) is 5.69 Å². The molecule has 0 fully saturated rings. The van der Waals surface area contributed by atoms with Crippen molar-refractivity contribution in [1.29, 1.82) is 0 Å². The van der Waals surface area contributed by atoms with Gasteiger partial charge in [-0.2, -0.15) is 0 Å². The smallest absolute Gasteiger partial charge is 0.208 e. The predicted molar refractivity (Wildman–Crippen MR) is 71.4 cm³/mol. The molecule has 5 heteroatoms. The van der Waals surface area contributed by atoms with E-state index in [1.165, 1.54) is 0 Å². The first-order chi connectivity index (χ1) is 8.24. The summed E-state index contributed by atoms with van der Waals surface area (Å²) in [7, 11) is 0. The highest BCUT2D eigenvalue weighted by Gasteiger charge is 2.07. The van der Waals surface area contributed by atoms with Crippen molar-refractivity contribution in [2.75, 3.05) is 11.9 Å². The molecule has 0 aliphatic carbocycles. The van der Waals surface area contributed by atoms with Gasteiger partial charge in [0.15, 0.2) is 0 Å². The number of rotatable bonds is 5. The normalized spacial score (nSPS) is 12.4. The summed E-state index contributed by atoms with van der Waals surface area (Å²) in [6.07, 6.45) is 0. The molecule has 2 aromatic rings. The first-order valence-corrected chi connectivity index (χ1v) is 6.46. The standard InChI is InChI=1S/C12H16N4S/c1-9(17-12-14-10(2)15-16-12)8-13-11-6-4-3-5-7-11/h3-7,9,13H,8H2,1-2H3,(H,14,15,16). The molecule has 0 aliphatic heterocycles. The average Bonchev–Trinajstić information content (AvgIpc) is 2.73. The number of para-hydroxylation sites is 1. The number of nitrogens with one attached hydrogen (secondary N) is 2. The van der Waals surface area contributed by atoms with Crippen molar-refractivity contribution < 1.29 is 0 Å². The number of hydrogen-bond acceptors (Lipinski definition) is 4. The second-order valence-electron chi connectivity index (χ2n) is 3.88. The first kappa shape index (κ1) is 12.0. The van der Waals surface area contributed by atoms with Crippen molar-refractivity contribution in [3.05, 3.63) is 36.2 Å². The molecule has 1 heterocycles. The largest absolute Gasteiger partial charge is 0.384 e. The summed E-state index contributed by atoms with van der Waals surface area (Å²) in [4.78, 5) is 4.27. The minimum absolute atomic E-state index is 0.422. The van der Waals surface area contributed by atoms with Crippen molar-refractivity contribution in [3.63, 3.8) is 0 Å². The highest BCUT2D eigenvalue weighted by atomic mass is 32.2. The van der Waals surface area contributed by atoms with Gasteiger partial charge in [0.1, 0.15) is 5.82 Å². The second kappa shape index (κ2) is 5.72. The van der Waals surface area contributed by atoms with E-state index in [0.29, 0.717) is 5.25 Å². The summed E-state index contributed by atoms with van der Waals surface area (Å²) in [5.74, 6) is 0.857. The molecule has 2 N–H and O–H groups in total. The molecule has 90 valence electrons. The predicted octanol–water partition coefficient (Wildman–Crippen LogP) is 2.71. The van der Waals surface area contributed by atoms with Gasteiger partial charge in [0, 0.05) is 17.5 Å². The van der Waals surface area contributed by atoms with Gasteiger partial charge in [-0.05, 0) is 19.1 Å². The third kappa shape index (κ3) is 3.78. The topological polar surface area (TPSA) is 53.6 Å². The molecule has 0 spiro atoms. The molecule has 4 nitrogen and oxygen atoms in total. The second-order valence-corrected chi connectivity index (χ2v) is 5.28. The van der Waals surface area contributed by atoms with E-state index < -0.39 is 0 Å². The van der Waals surface area contributed by atoms with Gasteiger partial charge in [0.25, 0.3) is 0 Å². The minimum Gasteiger partial charge on any atom is -0.384 e. The summed E-state index contributed by atoms with van der Waals surface area (Å²) in [5, 5.41) is 11.6. The van der Waals surface area contributed by atoms with Crippen LogP contribution in [0.1, 0.15) is 12.7 Å². The Hall–Kier alpha value is -1.49. The Bertz CT molecular complexity index is 455. The van der Waals surface area contributed by atoms with Gasteiger partial charge in [-0.3, -0.25) is 5.10 Å². The van der Waals surface area contributed by atoms with Crippen LogP contribution in [0.15, 0.2) is 35.5 Å². The molecular formula is C12H16N4S. The van der Waals surface area contributed by atoms with E-state index in [1.807, 2.05) is 25.1 Å². The van der Waals surface area contributed by atoms with Crippen LogP contribution in [-0.4, -0.2) is 27.0 Å². The summed E-state index contributed by atoms with van der Waals surface area (Å²) in [5.41, 5.74) is 1.14. The van der Waals surface area contributed by atoms with Crippen LogP contribution < -0.4 is 5.32 Å². The van der Waals surface area contributed by atoms with Crippen molar-refractivity contribution in [1.82, 2.24) is 15.2 Å². The molecule has 0 saturated heterocycles. The van der Waals surface area contributed by atoms with Gasteiger partial charge in [0.05, 0.1) is 0 Å². The van der Waals surface area contributed by atoms with Gasteiger partial charge in [0.2, 0.25) is 5.16 Å². The molecule has 1 unspecified atom stereocenters. The van der Waals surface area contributed by atoms with E-state index in [0.717, 1.165) is 23.2 Å². The van der Waals surface area contributed by atoms with Crippen LogP contribution >= 0.6 is 11.8 Å². The number of nitrogens with zero attached hydrogens (tertiary/aromatic N) is 2. The first-order valence-electron chi connectivity index (χ1n) is 5.58. The summed E-state index contributed by atoms with van der Waals surface area (Å²) < 4.78 is 0. The fraction of sp³-hybridized carbons (Fsp3) is 0.333. The Labute approximate surface area is 105 Å². The molecule has 2 rings (SSSR count). The van der Waals surface area contributed by atoms with Gasteiger partial charge in [-0.1, -0.05) is 36.9 Å². The lowest BCUT2D eigenvalue weighted by molar-refractivity contribution is 0.942. The zero-order valence-corrected chi connectivity index (χ0v) is 10.8. The number of aromatic amines is 1. The Kier molecular flexibility index (Phi) is 4.03. The average molecular weight is 248 g/mol. The van der Waals surface area contributed by atoms with Crippen LogP contribution in [-0.2, 0) is 0 Å². The monoisotopic (exact) mass is 248 g/mol. The number of thioether (sulfide) groups is 1. The van der Waals surface area contributed by atoms with E-state index in [9.17, 15) is 0 Å². The molecule has 0 radical (unpaired) electrons. The van der Waals surface area contributed by atoms with Crippen LogP contribution in [0.25, 0.3) is 0 Å².